The highest BCUT2D eigenvalue weighted by Gasteiger charge is 2.13. The highest BCUT2D eigenvalue weighted by atomic mass is 15.2. The second-order valence-corrected chi connectivity index (χ2v) is 5.12. The van der Waals surface area contributed by atoms with Gasteiger partial charge in [-0.15, -0.1) is 0 Å². The Morgan fingerprint density at radius 3 is 2.05 bits per heavy atom. The van der Waals surface area contributed by atoms with E-state index in [4.69, 9.17) is 10.7 Å². The Labute approximate surface area is 121 Å². The maximum Gasteiger partial charge on any atom is 0.172 e. The van der Waals surface area contributed by atoms with Crippen LogP contribution in [0.25, 0.3) is 11.0 Å². The largest absolute Gasteiger partial charge is 0.381 e. The number of anilines is 2. The molecule has 0 saturated carbocycles. The minimum absolute atomic E-state index is 0.538. The number of hydrogen-bond donors (Lipinski definition) is 1. The van der Waals surface area contributed by atoms with Crippen molar-refractivity contribution in [2.24, 2.45) is 0 Å². The molecule has 2 rings (SSSR count). The summed E-state index contributed by atoms with van der Waals surface area (Å²) < 4.78 is 0. The summed E-state index contributed by atoms with van der Waals surface area (Å²) in [7, 11) is 0. The van der Waals surface area contributed by atoms with E-state index >= 15 is 0 Å². The lowest BCUT2D eigenvalue weighted by molar-refractivity contribution is 0.672. The van der Waals surface area contributed by atoms with Crippen LogP contribution in [0.15, 0.2) is 24.3 Å². The van der Waals surface area contributed by atoms with E-state index in [1.807, 2.05) is 24.3 Å². The summed E-state index contributed by atoms with van der Waals surface area (Å²) in [4.78, 5) is 11.5. The molecule has 0 fully saturated rings. The van der Waals surface area contributed by atoms with E-state index in [1.54, 1.807) is 0 Å². The summed E-state index contributed by atoms with van der Waals surface area (Å²) in [5, 5.41) is 0. The Morgan fingerprint density at radius 1 is 0.950 bits per heavy atom. The average Bonchev–Trinajstić information content (AvgIpc) is 2.47. The quantitative estimate of drug-likeness (QED) is 0.836. The normalized spacial score (nSPS) is 10.9. The molecule has 0 spiro atoms. The number of hydrogen-bond acceptors (Lipinski definition) is 4. The Hall–Kier alpha value is -1.84. The third-order valence-corrected chi connectivity index (χ3v) is 3.44. The Bertz CT molecular complexity index is 545. The van der Waals surface area contributed by atoms with Crippen molar-refractivity contribution in [2.75, 3.05) is 23.7 Å². The zero-order chi connectivity index (χ0) is 14.4. The van der Waals surface area contributed by atoms with Crippen molar-refractivity contribution >= 4 is 22.7 Å². The predicted molar refractivity (Wildman–Crippen MR) is 86.0 cm³/mol. The molecule has 0 aliphatic rings. The van der Waals surface area contributed by atoms with Crippen LogP contribution in [0.4, 0.5) is 11.6 Å². The first-order valence-electron chi connectivity index (χ1n) is 7.53. The molecule has 0 amide bonds. The van der Waals surface area contributed by atoms with Crippen molar-refractivity contribution in [3.05, 3.63) is 24.3 Å². The summed E-state index contributed by atoms with van der Waals surface area (Å²) in [6, 6.07) is 7.88. The van der Waals surface area contributed by atoms with E-state index in [2.05, 4.69) is 23.7 Å². The molecular weight excluding hydrogens is 248 g/mol. The number of rotatable bonds is 7. The SMILES string of the molecule is CCCCN(CCCC)c1nc2ccccc2nc1N. The van der Waals surface area contributed by atoms with Gasteiger partial charge in [-0.2, -0.15) is 0 Å². The molecule has 20 heavy (non-hydrogen) atoms. The Balaban J connectivity index is 2.32. The van der Waals surface area contributed by atoms with Gasteiger partial charge in [0.25, 0.3) is 0 Å². The second kappa shape index (κ2) is 7.08. The van der Waals surface area contributed by atoms with E-state index in [1.165, 1.54) is 12.8 Å². The lowest BCUT2D eigenvalue weighted by atomic mass is 10.2. The van der Waals surface area contributed by atoms with Crippen LogP contribution in [0, 0.1) is 0 Å². The fraction of sp³-hybridized carbons (Fsp3) is 0.500. The molecule has 4 nitrogen and oxygen atoms in total. The predicted octanol–water partition coefficient (Wildman–Crippen LogP) is 3.62. The van der Waals surface area contributed by atoms with Gasteiger partial charge in [-0.05, 0) is 25.0 Å². The molecule has 0 aliphatic heterocycles. The van der Waals surface area contributed by atoms with Gasteiger partial charge >= 0.3 is 0 Å². The van der Waals surface area contributed by atoms with Crippen molar-refractivity contribution in [3.63, 3.8) is 0 Å². The van der Waals surface area contributed by atoms with Crippen molar-refractivity contribution in [2.45, 2.75) is 39.5 Å². The number of aromatic nitrogens is 2. The monoisotopic (exact) mass is 272 g/mol. The third-order valence-electron chi connectivity index (χ3n) is 3.44. The fourth-order valence-electron chi connectivity index (χ4n) is 2.26. The number of unbranched alkanes of at least 4 members (excludes halogenated alkanes) is 2. The van der Waals surface area contributed by atoms with Crippen molar-refractivity contribution < 1.29 is 0 Å². The number of nitrogens with two attached hydrogens (primary N) is 1. The van der Waals surface area contributed by atoms with Gasteiger partial charge in [-0.3, -0.25) is 0 Å². The number of benzene rings is 1. The highest BCUT2D eigenvalue weighted by Crippen LogP contribution is 2.23. The van der Waals surface area contributed by atoms with Gasteiger partial charge in [0.1, 0.15) is 0 Å². The van der Waals surface area contributed by atoms with Crippen LogP contribution < -0.4 is 10.6 Å². The third kappa shape index (κ3) is 3.38. The van der Waals surface area contributed by atoms with E-state index in [-0.39, 0.29) is 0 Å². The van der Waals surface area contributed by atoms with Gasteiger partial charge in [0.05, 0.1) is 11.0 Å². The molecule has 0 unspecified atom stereocenters. The molecule has 0 bridgehead atoms. The summed E-state index contributed by atoms with van der Waals surface area (Å²) in [5.74, 6) is 1.38. The average molecular weight is 272 g/mol. The lowest BCUT2D eigenvalue weighted by Crippen LogP contribution is -2.27. The molecule has 1 aromatic carbocycles. The molecule has 2 aromatic rings. The molecule has 1 heterocycles. The lowest BCUT2D eigenvalue weighted by Gasteiger charge is -2.24. The van der Waals surface area contributed by atoms with Crippen LogP contribution in [0.2, 0.25) is 0 Å². The summed E-state index contributed by atoms with van der Waals surface area (Å²) >= 11 is 0. The zero-order valence-corrected chi connectivity index (χ0v) is 12.5. The van der Waals surface area contributed by atoms with Crippen LogP contribution >= 0.6 is 0 Å². The second-order valence-electron chi connectivity index (χ2n) is 5.12. The minimum Gasteiger partial charge on any atom is -0.381 e. The Morgan fingerprint density at radius 2 is 1.50 bits per heavy atom. The maximum atomic E-state index is 6.12. The first kappa shape index (κ1) is 14.6. The summed E-state index contributed by atoms with van der Waals surface area (Å²) in [5.41, 5.74) is 7.89. The topological polar surface area (TPSA) is 55.0 Å². The van der Waals surface area contributed by atoms with Crippen molar-refractivity contribution in [3.8, 4) is 0 Å². The molecule has 108 valence electrons. The minimum atomic E-state index is 0.538. The molecule has 0 radical (unpaired) electrons. The van der Waals surface area contributed by atoms with Crippen LogP contribution in [0.5, 0.6) is 0 Å². The number of para-hydroxylation sites is 2. The maximum absolute atomic E-state index is 6.12. The number of nitrogen functional groups attached to an aromatic ring is 1. The van der Waals surface area contributed by atoms with Crippen LogP contribution in [0.3, 0.4) is 0 Å². The van der Waals surface area contributed by atoms with E-state index in [0.29, 0.717) is 5.82 Å². The van der Waals surface area contributed by atoms with Gasteiger partial charge in [-0.1, -0.05) is 38.8 Å². The molecular formula is C16H24N4. The number of nitrogens with zero attached hydrogens (tertiary/aromatic N) is 3. The smallest absolute Gasteiger partial charge is 0.172 e. The van der Waals surface area contributed by atoms with E-state index < -0.39 is 0 Å². The van der Waals surface area contributed by atoms with Gasteiger partial charge in [0.2, 0.25) is 0 Å². The molecule has 1 aromatic heterocycles. The van der Waals surface area contributed by atoms with E-state index in [9.17, 15) is 0 Å². The standard InChI is InChI=1S/C16H24N4/c1-3-5-11-20(12-6-4-2)16-15(17)18-13-9-7-8-10-14(13)19-16/h7-10H,3-6,11-12H2,1-2H3,(H2,17,18). The molecule has 0 saturated heterocycles. The number of fused-ring (bicyclic) bond motifs is 1. The van der Waals surface area contributed by atoms with Crippen LogP contribution in [-0.4, -0.2) is 23.1 Å². The van der Waals surface area contributed by atoms with Crippen LogP contribution in [-0.2, 0) is 0 Å². The molecule has 4 heteroatoms. The van der Waals surface area contributed by atoms with Crippen LogP contribution in [0.1, 0.15) is 39.5 Å². The van der Waals surface area contributed by atoms with Gasteiger partial charge in [-0.25, -0.2) is 9.97 Å². The van der Waals surface area contributed by atoms with Crippen molar-refractivity contribution in [1.29, 1.82) is 0 Å². The molecule has 0 atom stereocenters. The fourth-order valence-corrected chi connectivity index (χ4v) is 2.26. The Kier molecular flexibility index (Phi) is 5.16. The molecule has 0 aliphatic carbocycles. The van der Waals surface area contributed by atoms with Gasteiger partial charge < -0.3 is 10.6 Å². The van der Waals surface area contributed by atoms with E-state index in [0.717, 1.165) is 42.8 Å². The van der Waals surface area contributed by atoms with Gasteiger partial charge in [0.15, 0.2) is 11.6 Å². The highest BCUT2D eigenvalue weighted by molar-refractivity contribution is 5.79. The summed E-state index contributed by atoms with van der Waals surface area (Å²) in [6.07, 6.45) is 4.64. The first-order valence-corrected chi connectivity index (χ1v) is 7.53. The zero-order valence-electron chi connectivity index (χ0n) is 12.5. The summed E-state index contributed by atoms with van der Waals surface area (Å²) in [6.45, 7) is 6.39. The molecule has 2 N–H and O–H groups in total. The van der Waals surface area contributed by atoms with Gasteiger partial charge in [0, 0.05) is 13.1 Å². The first-order chi connectivity index (χ1) is 9.76. The van der Waals surface area contributed by atoms with Crippen molar-refractivity contribution in [1.82, 2.24) is 9.97 Å².